The smallest absolute Gasteiger partial charge is 0.254 e. The largest absolute Gasteiger partial charge is 0.331 e. The Morgan fingerprint density at radius 1 is 0.881 bits per heavy atom. The standard InChI is InChI=1S/C37H56N4O/c1-5-7-9-13-23-39(24-14-10-8-6-2)27-32-16-15-17-33(26-32)37(42)40(25-22-30(3)4)29-36-38-34-18-11-12-19-35(34)41(36)28-31-20-21-31/h11-12,15-19,26,30-31H,5-10,13-14,20-25,27-29H2,1-4H3. The minimum Gasteiger partial charge on any atom is -0.331 e. The van der Waals surface area contributed by atoms with E-state index in [1.54, 1.807) is 0 Å². The lowest BCUT2D eigenvalue weighted by molar-refractivity contribution is 0.0729. The lowest BCUT2D eigenvalue weighted by Gasteiger charge is -2.25. The molecule has 5 nitrogen and oxygen atoms in total. The van der Waals surface area contributed by atoms with E-state index in [0.29, 0.717) is 12.5 Å². The normalized spacial score (nSPS) is 13.5. The maximum atomic E-state index is 14.1. The number of para-hydroxylation sites is 2. The van der Waals surface area contributed by atoms with E-state index < -0.39 is 0 Å². The van der Waals surface area contributed by atoms with Gasteiger partial charge in [0.25, 0.3) is 5.91 Å². The van der Waals surface area contributed by atoms with Crippen molar-refractivity contribution in [2.75, 3.05) is 19.6 Å². The molecule has 5 heteroatoms. The molecule has 0 unspecified atom stereocenters. The third kappa shape index (κ3) is 9.97. The summed E-state index contributed by atoms with van der Waals surface area (Å²) in [5.41, 5.74) is 4.27. The molecule has 1 amide bonds. The molecule has 1 fully saturated rings. The van der Waals surface area contributed by atoms with Crippen LogP contribution in [0, 0.1) is 11.8 Å². The van der Waals surface area contributed by atoms with Crippen LogP contribution in [-0.2, 0) is 19.6 Å². The van der Waals surface area contributed by atoms with Gasteiger partial charge in [0.1, 0.15) is 5.82 Å². The number of fused-ring (bicyclic) bond motifs is 1. The Morgan fingerprint density at radius 3 is 2.26 bits per heavy atom. The zero-order chi connectivity index (χ0) is 29.7. The number of aromatic nitrogens is 2. The van der Waals surface area contributed by atoms with E-state index in [1.165, 1.54) is 75.3 Å². The van der Waals surface area contributed by atoms with Crippen molar-refractivity contribution in [2.24, 2.45) is 11.8 Å². The molecule has 0 saturated heterocycles. The number of benzene rings is 2. The van der Waals surface area contributed by atoms with Gasteiger partial charge in [-0.2, -0.15) is 0 Å². The van der Waals surface area contributed by atoms with Gasteiger partial charge in [0.2, 0.25) is 0 Å². The van der Waals surface area contributed by atoms with Crippen molar-refractivity contribution in [1.29, 1.82) is 0 Å². The summed E-state index contributed by atoms with van der Waals surface area (Å²) >= 11 is 0. The van der Waals surface area contributed by atoms with Gasteiger partial charge in [-0.05, 0) is 86.9 Å². The zero-order valence-electron chi connectivity index (χ0n) is 27.0. The van der Waals surface area contributed by atoms with Gasteiger partial charge < -0.3 is 9.47 Å². The molecular formula is C37H56N4O. The van der Waals surface area contributed by atoms with Crippen molar-refractivity contribution < 1.29 is 4.79 Å². The van der Waals surface area contributed by atoms with E-state index in [0.717, 1.165) is 62.0 Å². The molecule has 3 aromatic rings. The third-order valence-electron chi connectivity index (χ3n) is 8.70. The van der Waals surface area contributed by atoms with E-state index in [1.807, 2.05) is 6.07 Å². The van der Waals surface area contributed by atoms with Gasteiger partial charge in [-0.1, -0.05) is 90.5 Å². The molecule has 4 rings (SSSR count). The summed E-state index contributed by atoms with van der Waals surface area (Å²) in [5, 5.41) is 0. The second-order valence-electron chi connectivity index (χ2n) is 13.1. The van der Waals surface area contributed by atoms with Crippen LogP contribution in [-0.4, -0.2) is 44.9 Å². The second-order valence-corrected chi connectivity index (χ2v) is 13.1. The number of hydrogen-bond donors (Lipinski definition) is 0. The van der Waals surface area contributed by atoms with Gasteiger partial charge >= 0.3 is 0 Å². The lowest BCUT2D eigenvalue weighted by atomic mass is 10.1. The molecule has 1 aromatic heterocycles. The average molecular weight is 573 g/mol. The van der Waals surface area contributed by atoms with Crippen molar-refractivity contribution in [2.45, 2.75) is 118 Å². The monoisotopic (exact) mass is 572 g/mol. The van der Waals surface area contributed by atoms with Crippen LogP contribution < -0.4 is 0 Å². The van der Waals surface area contributed by atoms with Crippen molar-refractivity contribution in [3.05, 3.63) is 65.5 Å². The van der Waals surface area contributed by atoms with Crippen molar-refractivity contribution >= 4 is 16.9 Å². The Labute approximate surface area is 255 Å². The number of unbranched alkanes of at least 4 members (excludes halogenated alkanes) is 6. The third-order valence-corrected chi connectivity index (χ3v) is 8.70. The highest BCUT2D eigenvalue weighted by molar-refractivity contribution is 5.94. The Morgan fingerprint density at radius 2 is 1.60 bits per heavy atom. The Kier molecular flexibility index (Phi) is 12.9. The first kappa shape index (κ1) is 32.3. The highest BCUT2D eigenvalue weighted by Gasteiger charge is 2.26. The van der Waals surface area contributed by atoms with E-state index >= 15 is 0 Å². The van der Waals surface area contributed by atoms with E-state index in [4.69, 9.17) is 4.98 Å². The van der Waals surface area contributed by atoms with Gasteiger partial charge in [0, 0.05) is 25.2 Å². The van der Waals surface area contributed by atoms with Crippen LogP contribution in [0.2, 0.25) is 0 Å². The number of imidazole rings is 1. The topological polar surface area (TPSA) is 41.4 Å². The zero-order valence-corrected chi connectivity index (χ0v) is 27.0. The van der Waals surface area contributed by atoms with Gasteiger partial charge in [0.05, 0.1) is 17.6 Å². The molecule has 1 saturated carbocycles. The molecule has 0 atom stereocenters. The molecule has 0 aliphatic heterocycles. The number of carbonyl (C=O) groups excluding carboxylic acids is 1. The summed E-state index contributed by atoms with van der Waals surface area (Å²) in [5.74, 6) is 2.41. The Balaban J connectivity index is 1.50. The van der Waals surface area contributed by atoms with Crippen LogP contribution >= 0.6 is 0 Å². The maximum absolute atomic E-state index is 14.1. The molecule has 230 valence electrons. The molecule has 42 heavy (non-hydrogen) atoms. The number of carbonyl (C=O) groups is 1. The van der Waals surface area contributed by atoms with Crippen molar-refractivity contribution in [3.63, 3.8) is 0 Å². The second kappa shape index (κ2) is 16.8. The van der Waals surface area contributed by atoms with Crippen molar-refractivity contribution in [3.8, 4) is 0 Å². The fraction of sp³-hybridized carbons (Fsp3) is 0.622. The molecule has 0 spiro atoms. The molecular weight excluding hydrogens is 516 g/mol. The molecule has 0 bridgehead atoms. The fourth-order valence-electron chi connectivity index (χ4n) is 5.88. The number of amides is 1. The van der Waals surface area contributed by atoms with Gasteiger partial charge in [0.15, 0.2) is 0 Å². The van der Waals surface area contributed by atoms with Crippen LogP contribution in [0.4, 0.5) is 0 Å². The molecule has 0 N–H and O–H groups in total. The predicted molar refractivity (Wildman–Crippen MR) is 177 cm³/mol. The maximum Gasteiger partial charge on any atom is 0.254 e. The van der Waals surface area contributed by atoms with Gasteiger partial charge in [-0.15, -0.1) is 0 Å². The number of rotatable bonds is 20. The minimum absolute atomic E-state index is 0.125. The Bertz CT molecular complexity index is 1220. The molecule has 1 aliphatic carbocycles. The summed E-state index contributed by atoms with van der Waals surface area (Å²) in [6, 6.07) is 16.9. The van der Waals surface area contributed by atoms with E-state index in [2.05, 4.69) is 84.5 Å². The van der Waals surface area contributed by atoms with Crippen LogP contribution in [0.3, 0.4) is 0 Å². The Hall–Kier alpha value is -2.66. The number of hydrogen-bond acceptors (Lipinski definition) is 3. The van der Waals surface area contributed by atoms with E-state index in [-0.39, 0.29) is 5.91 Å². The predicted octanol–water partition coefficient (Wildman–Crippen LogP) is 9.10. The SMILES string of the molecule is CCCCCCN(CCCCCC)Cc1cccc(C(=O)N(CCC(C)C)Cc2nc3ccccc3n2CC2CC2)c1. The summed E-state index contributed by atoms with van der Waals surface area (Å²) in [4.78, 5) is 23.8. The highest BCUT2D eigenvalue weighted by Crippen LogP contribution is 2.33. The summed E-state index contributed by atoms with van der Waals surface area (Å²) in [6.07, 6.45) is 13.9. The fourth-order valence-corrected chi connectivity index (χ4v) is 5.88. The minimum atomic E-state index is 0.125. The first-order chi connectivity index (χ1) is 20.5. The quantitative estimate of drug-likeness (QED) is 0.127. The van der Waals surface area contributed by atoms with Crippen LogP contribution in [0.1, 0.15) is 120 Å². The first-order valence-corrected chi connectivity index (χ1v) is 17.0. The number of nitrogens with zero attached hydrogens (tertiary/aromatic N) is 4. The van der Waals surface area contributed by atoms with Crippen molar-refractivity contribution in [1.82, 2.24) is 19.4 Å². The molecule has 1 heterocycles. The first-order valence-electron chi connectivity index (χ1n) is 17.0. The summed E-state index contributed by atoms with van der Waals surface area (Å²) in [7, 11) is 0. The van der Waals surface area contributed by atoms with Crippen LogP contribution in [0.15, 0.2) is 48.5 Å². The average Bonchev–Trinajstić information content (AvgIpc) is 3.75. The molecule has 0 radical (unpaired) electrons. The van der Waals surface area contributed by atoms with Gasteiger partial charge in [-0.25, -0.2) is 4.98 Å². The van der Waals surface area contributed by atoms with E-state index in [9.17, 15) is 4.79 Å². The van der Waals surface area contributed by atoms with Gasteiger partial charge in [-0.3, -0.25) is 9.69 Å². The highest BCUT2D eigenvalue weighted by atomic mass is 16.2. The molecule has 2 aromatic carbocycles. The summed E-state index contributed by atoms with van der Waals surface area (Å²) in [6.45, 7) is 14.5. The molecule has 1 aliphatic rings. The summed E-state index contributed by atoms with van der Waals surface area (Å²) < 4.78 is 2.38. The van der Waals surface area contributed by atoms with Crippen LogP contribution in [0.5, 0.6) is 0 Å². The lowest BCUT2D eigenvalue weighted by Crippen LogP contribution is -2.33. The van der Waals surface area contributed by atoms with Crippen LogP contribution in [0.25, 0.3) is 11.0 Å².